The number of hydrogen-bond acceptors (Lipinski definition) is 6. The Morgan fingerprint density at radius 2 is 1.70 bits per heavy atom. The van der Waals surface area contributed by atoms with Crippen LogP contribution in [0.25, 0.3) is 11.1 Å². The highest BCUT2D eigenvalue weighted by molar-refractivity contribution is 8.00. The topological polar surface area (TPSA) is 120 Å². The normalized spacial score (nSPS) is 12.0. The summed E-state index contributed by atoms with van der Waals surface area (Å²) in [6, 6.07) is 21.4. The predicted octanol–water partition coefficient (Wildman–Crippen LogP) is 3.11. The van der Waals surface area contributed by atoms with Crippen LogP contribution in [0.15, 0.2) is 71.6 Å². The molecule has 3 aromatic carbocycles. The number of amides is 3. The Hall–Kier alpha value is -4.29. The Bertz CT molecular complexity index is 1250. The van der Waals surface area contributed by atoms with Gasteiger partial charge >= 0.3 is 0 Å². The van der Waals surface area contributed by atoms with Gasteiger partial charge in [0.1, 0.15) is 5.75 Å². The number of ether oxygens (including phenoxy) is 1. The van der Waals surface area contributed by atoms with Gasteiger partial charge in [0.25, 0.3) is 11.8 Å². The Labute approximate surface area is 193 Å². The number of hydrazine groups is 1. The van der Waals surface area contributed by atoms with Crippen LogP contribution in [-0.4, -0.2) is 30.1 Å². The van der Waals surface area contributed by atoms with Gasteiger partial charge in [-0.05, 0) is 53.6 Å². The lowest BCUT2D eigenvalue weighted by atomic mass is 10.0. The van der Waals surface area contributed by atoms with Gasteiger partial charge in [-0.15, -0.1) is 11.8 Å². The summed E-state index contributed by atoms with van der Waals surface area (Å²) < 4.78 is 5.46. The molecule has 0 fully saturated rings. The quantitative estimate of drug-likeness (QED) is 0.506. The molecular weight excluding hydrogens is 440 g/mol. The van der Waals surface area contributed by atoms with Gasteiger partial charge in [-0.25, -0.2) is 0 Å². The number of benzene rings is 3. The number of carbonyl (C=O) groups excluding carboxylic acids is 3. The minimum absolute atomic E-state index is 0.125. The largest absolute Gasteiger partial charge is 0.484 e. The molecule has 3 N–H and O–H groups in total. The summed E-state index contributed by atoms with van der Waals surface area (Å²) in [4.78, 5) is 36.7. The fraction of sp³-hybridized carbons (Fsp3) is 0.0833. The molecule has 33 heavy (non-hydrogen) atoms. The minimum atomic E-state index is -0.527. The molecule has 0 spiro atoms. The van der Waals surface area contributed by atoms with Crippen molar-refractivity contribution in [3.8, 4) is 22.9 Å². The smallest absolute Gasteiger partial charge is 0.276 e. The molecule has 8 nitrogen and oxygen atoms in total. The molecular formula is C24H18N4O4S. The maximum absolute atomic E-state index is 12.3. The summed E-state index contributed by atoms with van der Waals surface area (Å²) in [5, 5.41) is 11.6. The van der Waals surface area contributed by atoms with Crippen LogP contribution in [0, 0.1) is 11.3 Å². The maximum atomic E-state index is 12.3. The predicted molar refractivity (Wildman–Crippen MR) is 123 cm³/mol. The fourth-order valence-electron chi connectivity index (χ4n) is 3.09. The number of anilines is 1. The summed E-state index contributed by atoms with van der Waals surface area (Å²) in [5.41, 5.74) is 8.01. The number of nitriles is 1. The Balaban J connectivity index is 1.26. The third-order valence-corrected chi connectivity index (χ3v) is 5.84. The van der Waals surface area contributed by atoms with Gasteiger partial charge < -0.3 is 10.1 Å². The van der Waals surface area contributed by atoms with Crippen molar-refractivity contribution >= 4 is 35.2 Å². The van der Waals surface area contributed by atoms with E-state index in [0.717, 1.165) is 16.0 Å². The molecule has 4 rings (SSSR count). The molecule has 0 aliphatic carbocycles. The number of thioether (sulfide) groups is 1. The lowest BCUT2D eigenvalue weighted by Crippen LogP contribution is -2.43. The lowest BCUT2D eigenvalue weighted by Gasteiger charge is -2.17. The maximum Gasteiger partial charge on any atom is 0.276 e. The molecule has 164 valence electrons. The summed E-state index contributed by atoms with van der Waals surface area (Å²) in [6.45, 7) is -0.284. The van der Waals surface area contributed by atoms with Crippen molar-refractivity contribution in [3.63, 3.8) is 0 Å². The van der Waals surface area contributed by atoms with Gasteiger partial charge in [0.15, 0.2) is 6.61 Å². The number of rotatable bonds is 5. The van der Waals surface area contributed by atoms with Gasteiger partial charge in [0.2, 0.25) is 5.91 Å². The number of nitrogens with zero attached hydrogens (tertiary/aromatic N) is 1. The van der Waals surface area contributed by atoms with E-state index in [1.54, 1.807) is 42.5 Å². The van der Waals surface area contributed by atoms with Crippen molar-refractivity contribution in [3.05, 3.63) is 77.9 Å². The van der Waals surface area contributed by atoms with Crippen molar-refractivity contribution in [2.75, 3.05) is 17.7 Å². The van der Waals surface area contributed by atoms with Gasteiger partial charge in [0, 0.05) is 10.5 Å². The van der Waals surface area contributed by atoms with Gasteiger partial charge in [0.05, 0.1) is 23.1 Å². The molecule has 0 radical (unpaired) electrons. The van der Waals surface area contributed by atoms with Crippen LogP contribution < -0.4 is 20.9 Å². The number of nitrogens with one attached hydrogen (secondary N) is 3. The Morgan fingerprint density at radius 3 is 2.39 bits per heavy atom. The van der Waals surface area contributed by atoms with Crippen molar-refractivity contribution < 1.29 is 19.1 Å². The van der Waals surface area contributed by atoms with Crippen LogP contribution in [0.2, 0.25) is 0 Å². The first-order chi connectivity index (χ1) is 16.0. The fourth-order valence-corrected chi connectivity index (χ4v) is 3.88. The first kappa shape index (κ1) is 21.9. The van der Waals surface area contributed by atoms with Gasteiger partial charge in [-0.3, -0.25) is 25.2 Å². The molecule has 0 saturated carbocycles. The molecule has 0 saturated heterocycles. The second-order valence-electron chi connectivity index (χ2n) is 7.05. The zero-order chi connectivity index (χ0) is 23.2. The average Bonchev–Trinajstić information content (AvgIpc) is 2.86. The molecule has 1 aliphatic heterocycles. The lowest BCUT2D eigenvalue weighted by molar-refractivity contribution is -0.123. The van der Waals surface area contributed by atoms with Crippen molar-refractivity contribution in [2.45, 2.75) is 4.90 Å². The number of carbonyl (C=O) groups is 3. The molecule has 0 atom stereocenters. The van der Waals surface area contributed by atoms with E-state index in [4.69, 9.17) is 10.00 Å². The monoisotopic (exact) mass is 458 g/mol. The van der Waals surface area contributed by atoms with Gasteiger partial charge in [-0.1, -0.05) is 24.3 Å². The van der Waals surface area contributed by atoms with Crippen LogP contribution >= 0.6 is 11.8 Å². The number of fused-ring (bicyclic) bond motifs is 1. The van der Waals surface area contributed by atoms with E-state index in [2.05, 4.69) is 22.2 Å². The first-order valence-electron chi connectivity index (χ1n) is 9.91. The average molecular weight is 458 g/mol. The third kappa shape index (κ3) is 5.50. The van der Waals surface area contributed by atoms with Crippen molar-refractivity contribution in [1.82, 2.24) is 10.9 Å². The first-order valence-corrected chi connectivity index (χ1v) is 10.9. The zero-order valence-corrected chi connectivity index (χ0v) is 18.1. The van der Waals surface area contributed by atoms with E-state index in [9.17, 15) is 14.4 Å². The second kappa shape index (κ2) is 9.89. The van der Waals surface area contributed by atoms with E-state index in [0.29, 0.717) is 28.3 Å². The van der Waals surface area contributed by atoms with E-state index in [1.807, 2.05) is 24.3 Å². The third-order valence-electron chi connectivity index (χ3n) is 4.76. The summed E-state index contributed by atoms with van der Waals surface area (Å²) in [5.74, 6) is -0.325. The SMILES string of the molecule is N#Cc1ccc(-c2ccc(OCC(=O)NNC(=O)c3ccc4c(c3)NC(=O)CS4)cc2)cc1. The molecule has 0 bridgehead atoms. The molecule has 3 amide bonds. The molecule has 1 heterocycles. The van der Waals surface area contributed by atoms with Crippen LogP contribution in [0.4, 0.5) is 5.69 Å². The molecule has 9 heteroatoms. The number of hydrogen-bond donors (Lipinski definition) is 3. The van der Waals surface area contributed by atoms with Crippen LogP contribution in [-0.2, 0) is 9.59 Å². The molecule has 0 aromatic heterocycles. The molecule has 1 aliphatic rings. The second-order valence-corrected chi connectivity index (χ2v) is 8.07. The Morgan fingerprint density at radius 1 is 1.00 bits per heavy atom. The van der Waals surface area contributed by atoms with E-state index in [1.165, 1.54) is 11.8 Å². The summed E-state index contributed by atoms with van der Waals surface area (Å²) in [6.07, 6.45) is 0. The van der Waals surface area contributed by atoms with E-state index in [-0.39, 0.29) is 12.5 Å². The highest BCUT2D eigenvalue weighted by atomic mass is 32.2. The zero-order valence-electron chi connectivity index (χ0n) is 17.3. The van der Waals surface area contributed by atoms with Gasteiger partial charge in [-0.2, -0.15) is 5.26 Å². The van der Waals surface area contributed by atoms with Crippen molar-refractivity contribution in [1.29, 1.82) is 5.26 Å². The molecule has 0 unspecified atom stereocenters. The highest BCUT2D eigenvalue weighted by Gasteiger charge is 2.17. The highest BCUT2D eigenvalue weighted by Crippen LogP contribution is 2.31. The van der Waals surface area contributed by atoms with Crippen LogP contribution in [0.5, 0.6) is 5.75 Å². The van der Waals surface area contributed by atoms with Crippen molar-refractivity contribution in [2.24, 2.45) is 0 Å². The van der Waals surface area contributed by atoms with Crippen LogP contribution in [0.1, 0.15) is 15.9 Å². The van der Waals surface area contributed by atoms with E-state index < -0.39 is 11.8 Å². The van der Waals surface area contributed by atoms with E-state index >= 15 is 0 Å². The Kier molecular flexibility index (Phi) is 6.57. The molecule has 3 aromatic rings. The standard InChI is InChI=1S/C24H18N4O4S/c25-12-15-1-3-16(4-2-15)17-5-8-19(9-6-17)32-13-22(29)27-28-24(31)18-7-10-21-20(11-18)26-23(30)14-33-21/h1-11H,13-14H2,(H,26,30)(H,27,29)(H,28,31). The minimum Gasteiger partial charge on any atom is -0.484 e. The summed E-state index contributed by atoms with van der Waals surface area (Å²) in [7, 11) is 0. The van der Waals surface area contributed by atoms with Crippen LogP contribution in [0.3, 0.4) is 0 Å². The summed E-state index contributed by atoms with van der Waals surface area (Å²) >= 11 is 1.40.